The fraction of sp³-hybridized carbons (Fsp3) is 0.606. The summed E-state index contributed by atoms with van der Waals surface area (Å²) < 4.78 is 54.6. The molecule has 2 fully saturated rings. The zero-order valence-corrected chi connectivity index (χ0v) is 26.6. The summed E-state index contributed by atoms with van der Waals surface area (Å²) in [6.45, 7) is 10.2. The zero-order chi connectivity index (χ0) is 33.5. The van der Waals surface area contributed by atoms with Crippen LogP contribution in [0.3, 0.4) is 0 Å². The van der Waals surface area contributed by atoms with Gasteiger partial charge in [-0.15, -0.1) is 0 Å². The summed E-state index contributed by atoms with van der Waals surface area (Å²) >= 11 is 0. The number of esters is 1. The number of halogens is 3. The monoisotopic (exact) mass is 635 g/mol. The lowest BCUT2D eigenvalue weighted by atomic mass is 9.73. The molecular formula is C33H44F3N3O6. The first-order valence-corrected chi connectivity index (χ1v) is 15.3. The van der Waals surface area contributed by atoms with Crippen LogP contribution in [0.15, 0.2) is 35.9 Å². The number of epoxide rings is 1. The first-order chi connectivity index (χ1) is 20.8. The van der Waals surface area contributed by atoms with Crippen LogP contribution in [-0.4, -0.2) is 61.8 Å². The number of fused-ring (bicyclic) bond motifs is 1. The summed E-state index contributed by atoms with van der Waals surface area (Å²) in [5, 5.41) is 26.1. The van der Waals surface area contributed by atoms with Gasteiger partial charge in [0.1, 0.15) is 17.6 Å². The maximum atomic E-state index is 14.0. The highest BCUT2D eigenvalue weighted by Crippen LogP contribution is 2.45. The van der Waals surface area contributed by atoms with Crippen LogP contribution >= 0.6 is 0 Å². The topological polar surface area (TPSA) is 140 Å². The number of alkyl halides is 3. The lowest BCUT2D eigenvalue weighted by Gasteiger charge is -2.34. The molecular weight excluding hydrogens is 591 g/mol. The number of aliphatic hydroxyl groups is 2. The molecule has 0 aliphatic carbocycles. The molecule has 4 N–H and O–H groups in total. The van der Waals surface area contributed by atoms with Gasteiger partial charge in [0, 0.05) is 18.0 Å². The van der Waals surface area contributed by atoms with Gasteiger partial charge in [-0.3, -0.25) is 9.59 Å². The standard InChI is InChI=1S/C33H44F3N3O6/c1-18-8-7-13-32(6)27(45-32)16-24(44-28(41)17-26(40)31(4,5)30(43)20(3)29(18)42)19(2)14-22-15-25(33(34,35)36)39(38-22)23-11-9-21(37)10-12-23/h9-12,14-15,18,20,24,26-27,29,40,42H,7-8,13,16-17,37H2,1-6H3/b19-14+/t18-,20+,24-,26-,27-,29-,32+/m0/s1. The Hall–Kier alpha value is -3.22. The highest BCUT2D eigenvalue weighted by atomic mass is 19.4. The number of Topliss-reactive ketones (excluding diaryl/α,β-unsaturated/α-hetero) is 1. The second-order valence-electron chi connectivity index (χ2n) is 13.4. The number of benzene rings is 1. The SMILES string of the molecule is C/C(=C\c1cc(C(F)(F)F)n(-c2ccc(N)cc2)n1)[C@@H]1C[C@@H]2O[C@]2(C)CCC[C@H](C)[C@H](O)[C@@H](C)C(=O)C(C)(C)[C@@H](O)CC(=O)O1. The molecule has 0 radical (unpaired) electrons. The number of ether oxygens (including phenoxy) is 2. The largest absolute Gasteiger partial charge is 0.458 e. The molecule has 1 aromatic heterocycles. The van der Waals surface area contributed by atoms with Gasteiger partial charge >= 0.3 is 12.1 Å². The van der Waals surface area contributed by atoms with Gasteiger partial charge in [0.05, 0.1) is 47.1 Å². The minimum Gasteiger partial charge on any atom is -0.458 e. The smallest absolute Gasteiger partial charge is 0.433 e. The van der Waals surface area contributed by atoms with E-state index in [2.05, 4.69) is 5.10 Å². The van der Waals surface area contributed by atoms with E-state index in [4.69, 9.17) is 15.2 Å². The number of carbonyl (C=O) groups excluding carboxylic acids is 2. The van der Waals surface area contributed by atoms with Crippen LogP contribution in [0.5, 0.6) is 0 Å². The van der Waals surface area contributed by atoms with Crippen molar-refractivity contribution in [2.45, 2.75) is 110 Å². The average molecular weight is 636 g/mol. The van der Waals surface area contributed by atoms with E-state index in [1.807, 2.05) is 13.8 Å². The Kier molecular flexibility index (Phi) is 9.92. The van der Waals surface area contributed by atoms with Crippen molar-refractivity contribution >= 4 is 23.5 Å². The van der Waals surface area contributed by atoms with E-state index < -0.39 is 59.5 Å². The third kappa shape index (κ3) is 7.78. The van der Waals surface area contributed by atoms with Crippen LogP contribution in [0.25, 0.3) is 11.8 Å². The van der Waals surface area contributed by atoms with Crippen LogP contribution in [0.2, 0.25) is 0 Å². The number of nitrogens with zero attached hydrogens (tertiary/aromatic N) is 2. The van der Waals surface area contributed by atoms with Gasteiger partial charge in [-0.25, -0.2) is 4.68 Å². The van der Waals surface area contributed by atoms with Crippen molar-refractivity contribution in [2.24, 2.45) is 17.3 Å². The number of anilines is 1. The second kappa shape index (κ2) is 12.9. The van der Waals surface area contributed by atoms with Crippen molar-refractivity contribution < 1.29 is 42.4 Å². The molecule has 4 rings (SSSR count). The van der Waals surface area contributed by atoms with E-state index >= 15 is 0 Å². The molecule has 3 heterocycles. The number of hydrogen-bond acceptors (Lipinski definition) is 8. The number of nitrogens with two attached hydrogens (primary N) is 1. The molecule has 0 saturated carbocycles. The number of aliphatic hydroxyl groups excluding tert-OH is 2. The molecule has 2 aliphatic heterocycles. The summed E-state index contributed by atoms with van der Waals surface area (Å²) in [7, 11) is 0. The van der Waals surface area contributed by atoms with Gasteiger partial charge in [0.25, 0.3) is 0 Å². The molecule has 7 atom stereocenters. The molecule has 2 aromatic rings. The predicted molar refractivity (Wildman–Crippen MR) is 162 cm³/mol. The molecule has 248 valence electrons. The Morgan fingerprint density at radius 2 is 1.78 bits per heavy atom. The van der Waals surface area contributed by atoms with E-state index in [1.165, 1.54) is 44.2 Å². The maximum absolute atomic E-state index is 14.0. The summed E-state index contributed by atoms with van der Waals surface area (Å²) in [5.41, 5.74) is 3.88. The fourth-order valence-corrected chi connectivity index (χ4v) is 6.10. The minimum absolute atomic E-state index is 0.00705. The molecule has 0 amide bonds. The number of hydrogen-bond donors (Lipinski definition) is 3. The van der Waals surface area contributed by atoms with Gasteiger partial charge in [0.15, 0.2) is 0 Å². The Morgan fingerprint density at radius 1 is 1.13 bits per heavy atom. The van der Waals surface area contributed by atoms with Crippen LogP contribution in [0.1, 0.15) is 85.0 Å². The molecule has 0 unspecified atom stereocenters. The summed E-state index contributed by atoms with van der Waals surface area (Å²) in [5.74, 6) is -2.08. The second-order valence-corrected chi connectivity index (χ2v) is 13.4. The first-order valence-electron chi connectivity index (χ1n) is 15.3. The fourth-order valence-electron chi connectivity index (χ4n) is 6.10. The molecule has 45 heavy (non-hydrogen) atoms. The van der Waals surface area contributed by atoms with Crippen LogP contribution in [-0.2, 0) is 25.2 Å². The lowest BCUT2D eigenvalue weighted by molar-refractivity contribution is -0.154. The van der Waals surface area contributed by atoms with Gasteiger partial charge in [-0.1, -0.05) is 34.1 Å². The molecule has 2 saturated heterocycles. The summed E-state index contributed by atoms with van der Waals surface area (Å²) in [6, 6.07) is 6.76. The molecule has 1 aromatic carbocycles. The molecule has 0 bridgehead atoms. The van der Waals surface area contributed by atoms with Crippen LogP contribution < -0.4 is 5.73 Å². The Labute approximate surface area is 261 Å². The van der Waals surface area contributed by atoms with Gasteiger partial charge in [-0.05, 0) is 74.6 Å². The van der Waals surface area contributed by atoms with E-state index in [9.17, 15) is 33.0 Å². The third-order valence-corrected chi connectivity index (χ3v) is 9.45. The van der Waals surface area contributed by atoms with E-state index in [-0.39, 0.29) is 35.6 Å². The van der Waals surface area contributed by atoms with Crippen molar-refractivity contribution in [1.82, 2.24) is 9.78 Å². The van der Waals surface area contributed by atoms with Crippen molar-refractivity contribution in [1.29, 1.82) is 0 Å². The Balaban J connectivity index is 1.65. The number of carbonyl (C=O) groups is 2. The van der Waals surface area contributed by atoms with Crippen molar-refractivity contribution in [3.05, 3.63) is 47.3 Å². The predicted octanol–water partition coefficient (Wildman–Crippen LogP) is 5.50. The summed E-state index contributed by atoms with van der Waals surface area (Å²) in [6.07, 6.45) is -4.94. The quantitative estimate of drug-likeness (QED) is 0.228. The van der Waals surface area contributed by atoms with E-state index in [0.29, 0.717) is 24.1 Å². The number of nitrogen functional groups attached to an aromatic ring is 1. The highest BCUT2D eigenvalue weighted by molar-refractivity contribution is 5.88. The molecule has 2 aliphatic rings. The van der Waals surface area contributed by atoms with Crippen molar-refractivity contribution in [3.8, 4) is 5.69 Å². The first kappa shape index (κ1) is 34.6. The maximum Gasteiger partial charge on any atom is 0.433 e. The molecule has 0 spiro atoms. The molecule has 9 nitrogen and oxygen atoms in total. The highest BCUT2D eigenvalue weighted by Gasteiger charge is 2.53. The van der Waals surface area contributed by atoms with Gasteiger partial charge in [-0.2, -0.15) is 18.3 Å². The van der Waals surface area contributed by atoms with Crippen molar-refractivity contribution in [2.75, 3.05) is 5.73 Å². The van der Waals surface area contributed by atoms with Gasteiger partial charge < -0.3 is 25.4 Å². The summed E-state index contributed by atoms with van der Waals surface area (Å²) in [4.78, 5) is 26.5. The van der Waals surface area contributed by atoms with Crippen molar-refractivity contribution in [3.63, 3.8) is 0 Å². The molecule has 12 heteroatoms. The lowest BCUT2D eigenvalue weighted by Crippen LogP contribution is -2.45. The number of rotatable bonds is 3. The third-order valence-electron chi connectivity index (χ3n) is 9.45. The zero-order valence-electron chi connectivity index (χ0n) is 26.6. The van der Waals surface area contributed by atoms with Crippen LogP contribution in [0, 0.1) is 17.3 Å². The number of cyclic esters (lactones) is 1. The minimum atomic E-state index is -4.70. The van der Waals surface area contributed by atoms with E-state index in [1.54, 1.807) is 13.8 Å². The van der Waals surface area contributed by atoms with Crippen LogP contribution in [0.4, 0.5) is 18.9 Å². The number of aromatic nitrogens is 2. The normalized spacial score (nSPS) is 32.1. The Morgan fingerprint density at radius 3 is 2.40 bits per heavy atom. The average Bonchev–Trinajstić information content (AvgIpc) is 3.38. The Bertz CT molecular complexity index is 1420. The number of ketones is 1. The van der Waals surface area contributed by atoms with E-state index in [0.717, 1.165) is 17.2 Å². The van der Waals surface area contributed by atoms with Gasteiger partial charge in [0.2, 0.25) is 0 Å².